The summed E-state index contributed by atoms with van der Waals surface area (Å²) in [5.74, 6) is 0.663. The Balaban J connectivity index is 1.91. The molecule has 0 amide bonds. The molecule has 1 aliphatic heterocycles. The predicted octanol–water partition coefficient (Wildman–Crippen LogP) is 2.71. The molecule has 1 saturated carbocycles. The lowest BCUT2D eigenvalue weighted by atomic mass is 9.95. The van der Waals surface area contributed by atoms with Crippen molar-refractivity contribution in [3.05, 3.63) is 35.6 Å². The van der Waals surface area contributed by atoms with Crippen LogP contribution in [0.25, 0.3) is 0 Å². The fourth-order valence-electron chi connectivity index (χ4n) is 2.49. The maximum atomic E-state index is 12.8. The highest BCUT2D eigenvalue weighted by Gasteiger charge is 2.37. The highest BCUT2D eigenvalue weighted by molar-refractivity contribution is 5.95. The lowest BCUT2D eigenvalue weighted by Gasteiger charge is -2.09. The van der Waals surface area contributed by atoms with Crippen molar-refractivity contribution in [1.29, 1.82) is 0 Å². The molecule has 0 spiro atoms. The summed E-state index contributed by atoms with van der Waals surface area (Å²) in [6.07, 6.45) is 2.25. The summed E-state index contributed by atoms with van der Waals surface area (Å²) >= 11 is 0. The van der Waals surface area contributed by atoms with Gasteiger partial charge in [0.2, 0.25) is 0 Å². The average molecular weight is 205 g/mol. The van der Waals surface area contributed by atoms with Crippen molar-refractivity contribution in [2.45, 2.75) is 18.8 Å². The zero-order valence-corrected chi connectivity index (χ0v) is 8.32. The van der Waals surface area contributed by atoms with E-state index in [-0.39, 0.29) is 5.82 Å². The lowest BCUT2D eigenvalue weighted by Crippen LogP contribution is -2.10. The van der Waals surface area contributed by atoms with Gasteiger partial charge in [0.25, 0.3) is 0 Å². The van der Waals surface area contributed by atoms with Crippen LogP contribution in [0.15, 0.2) is 29.4 Å². The van der Waals surface area contributed by atoms with Crippen LogP contribution in [-0.4, -0.2) is 12.3 Å². The van der Waals surface area contributed by atoms with Crippen molar-refractivity contribution in [3.63, 3.8) is 0 Å². The Morgan fingerprint density at radius 1 is 1.20 bits per heavy atom. The molecule has 0 saturated heterocycles. The minimum Gasteiger partial charge on any atom is -0.395 e. The van der Waals surface area contributed by atoms with E-state index in [2.05, 4.69) is 5.16 Å². The number of hydrogen-bond acceptors (Lipinski definition) is 2. The van der Waals surface area contributed by atoms with Crippen LogP contribution in [0.4, 0.5) is 4.39 Å². The molecule has 2 aliphatic rings. The van der Waals surface area contributed by atoms with Crippen LogP contribution in [0.3, 0.4) is 0 Å². The van der Waals surface area contributed by atoms with Crippen LogP contribution in [0, 0.1) is 11.7 Å². The van der Waals surface area contributed by atoms with Crippen molar-refractivity contribution in [1.82, 2.24) is 0 Å². The smallest absolute Gasteiger partial charge is 0.125 e. The monoisotopic (exact) mass is 205 g/mol. The summed E-state index contributed by atoms with van der Waals surface area (Å²) < 4.78 is 12.8. The molecule has 15 heavy (non-hydrogen) atoms. The zero-order valence-electron chi connectivity index (χ0n) is 8.32. The molecule has 0 radical (unpaired) electrons. The van der Waals surface area contributed by atoms with Crippen molar-refractivity contribution < 1.29 is 9.23 Å². The summed E-state index contributed by atoms with van der Waals surface area (Å²) in [6, 6.07) is 6.73. The summed E-state index contributed by atoms with van der Waals surface area (Å²) in [7, 11) is 0. The van der Waals surface area contributed by atoms with Gasteiger partial charge in [-0.25, -0.2) is 4.39 Å². The maximum Gasteiger partial charge on any atom is 0.125 e. The van der Waals surface area contributed by atoms with Crippen LogP contribution in [0.2, 0.25) is 0 Å². The minimum absolute atomic E-state index is 0.182. The first-order valence-electron chi connectivity index (χ1n) is 5.30. The maximum absolute atomic E-state index is 12.8. The van der Waals surface area contributed by atoms with Gasteiger partial charge in [-0.2, -0.15) is 0 Å². The molecule has 2 atom stereocenters. The number of nitrogens with zero attached hydrogens (tertiary/aromatic N) is 1. The third-order valence-corrected chi connectivity index (χ3v) is 3.30. The topological polar surface area (TPSA) is 21.6 Å². The highest BCUT2D eigenvalue weighted by Crippen LogP contribution is 2.38. The van der Waals surface area contributed by atoms with E-state index in [9.17, 15) is 4.39 Å². The highest BCUT2D eigenvalue weighted by atomic mass is 19.1. The first-order valence-corrected chi connectivity index (χ1v) is 5.30. The number of oxime groups is 1. The second-order valence-electron chi connectivity index (χ2n) is 4.19. The second-order valence-corrected chi connectivity index (χ2v) is 4.19. The Kier molecular flexibility index (Phi) is 1.97. The van der Waals surface area contributed by atoms with E-state index in [1.165, 1.54) is 12.1 Å². The summed E-state index contributed by atoms with van der Waals surface area (Å²) in [6.45, 7) is 0.729. The Labute approximate surface area is 87.7 Å². The van der Waals surface area contributed by atoms with Gasteiger partial charge in [0, 0.05) is 11.8 Å². The predicted molar refractivity (Wildman–Crippen MR) is 55.3 cm³/mol. The van der Waals surface area contributed by atoms with Gasteiger partial charge < -0.3 is 4.84 Å². The van der Waals surface area contributed by atoms with Crippen molar-refractivity contribution in [2.24, 2.45) is 11.1 Å². The van der Waals surface area contributed by atoms with E-state index in [1.807, 2.05) is 12.1 Å². The number of fused-ring (bicyclic) bond motifs is 1. The largest absolute Gasteiger partial charge is 0.395 e. The molecule has 1 heterocycles. The fraction of sp³-hybridized carbons (Fsp3) is 0.417. The fourth-order valence-corrected chi connectivity index (χ4v) is 2.49. The van der Waals surface area contributed by atoms with E-state index in [0.29, 0.717) is 11.8 Å². The molecule has 0 N–H and O–H groups in total. The number of halogens is 1. The van der Waals surface area contributed by atoms with Gasteiger partial charge in [0.1, 0.15) is 12.4 Å². The number of rotatable bonds is 1. The van der Waals surface area contributed by atoms with E-state index >= 15 is 0 Å². The van der Waals surface area contributed by atoms with Gasteiger partial charge in [-0.05, 0) is 30.5 Å². The van der Waals surface area contributed by atoms with Crippen LogP contribution in [0.5, 0.6) is 0 Å². The average Bonchev–Trinajstić information content (AvgIpc) is 2.80. The van der Waals surface area contributed by atoms with E-state index in [1.54, 1.807) is 0 Å². The standard InChI is InChI=1S/C12H12FNO/c13-10-4-1-8(2-5-10)11-6-3-9-7-15-14-12(9)11/h1-2,4-5,9,11H,3,6-7H2/t9-,11+/m0/s1. The number of hydrogen-bond donors (Lipinski definition) is 0. The van der Waals surface area contributed by atoms with E-state index in [0.717, 1.165) is 30.7 Å². The second kappa shape index (κ2) is 3.33. The summed E-state index contributed by atoms with van der Waals surface area (Å²) in [5, 5.41) is 4.10. The van der Waals surface area contributed by atoms with E-state index < -0.39 is 0 Å². The van der Waals surface area contributed by atoms with Gasteiger partial charge >= 0.3 is 0 Å². The van der Waals surface area contributed by atoms with Crippen LogP contribution >= 0.6 is 0 Å². The SMILES string of the molecule is Fc1ccc([C@H]2CC[C@H]3CON=C32)cc1. The molecule has 2 nitrogen and oxygen atoms in total. The lowest BCUT2D eigenvalue weighted by molar-refractivity contribution is 0.151. The molecule has 0 unspecified atom stereocenters. The molecule has 3 heteroatoms. The Morgan fingerprint density at radius 3 is 2.80 bits per heavy atom. The Morgan fingerprint density at radius 2 is 2.00 bits per heavy atom. The molecule has 1 aromatic rings. The molecule has 1 aromatic carbocycles. The molecule has 1 aliphatic carbocycles. The van der Waals surface area contributed by atoms with Crippen LogP contribution in [-0.2, 0) is 4.84 Å². The van der Waals surface area contributed by atoms with Crippen molar-refractivity contribution in [2.75, 3.05) is 6.61 Å². The van der Waals surface area contributed by atoms with Crippen molar-refractivity contribution in [3.8, 4) is 0 Å². The van der Waals surface area contributed by atoms with Gasteiger partial charge in [-0.1, -0.05) is 17.3 Å². The Hall–Kier alpha value is -1.38. The van der Waals surface area contributed by atoms with Crippen molar-refractivity contribution >= 4 is 5.71 Å². The third-order valence-electron chi connectivity index (χ3n) is 3.30. The van der Waals surface area contributed by atoms with Gasteiger partial charge in [0.05, 0.1) is 5.71 Å². The van der Waals surface area contributed by atoms with Gasteiger partial charge in [-0.15, -0.1) is 0 Å². The zero-order chi connectivity index (χ0) is 10.3. The quantitative estimate of drug-likeness (QED) is 0.690. The summed E-state index contributed by atoms with van der Waals surface area (Å²) in [4.78, 5) is 5.10. The van der Waals surface area contributed by atoms with Crippen LogP contribution < -0.4 is 0 Å². The molecule has 0 bridgehead atoms. The molecule has 78 valence electrons. The first kappa shape index (κ1) is 8.89. The molecular formula is C12H12FNO. The van der Waals surface area contributed by atoms with Crippen LogP contribution in [0.1, 0.15) is 24.3 Å². The number of benzene rings is 1. The normalized spacial score (nSPS) is 28.5. The molecule has 3 rings (SSSR count). The molecule has 0 aromatic heterocycles. The first-order chi connectivity index (χ1) is 7.34. The Bertz CT molecular complexity index is 399. The summed E-state index contributed by atoms with van der Waals surface area (Å²) in [5.41, 5.74) is 2.31. The van der Waals surface area contributed by atoms with Gasteiger partial charge in [0.15, 0.2) is 0 Å². The van der Waals surface area contributed by atoms with E-state index in [4.69, 9.17) is 4.84 Å². The van der Waals surface area contributed by atoms with Gasteiger partial charge in [-0.3, -0.25) is 0 Å². The molecule has 1 fully saturated rings. The third kappa shape index (κ3) is 1.42. The molecular weight excluding hydrogens is 193 g/mol. The minimum atomic E-state index is -0.182.